The molecule has 2 N–H and O–H groups in total. The smallest absolute Gasteiger partial charge is 0.250 e. The number of hydrogen-bond donors (Lipinski definition) is 2. The van der Waals surface area contributed by atoms with Crippen LogP contribution in [0.3, 0.4) is 0 Å². The molecule has 0 aliphatic carbocycles. The van der Waals surface area contributed by atoms with Crippen LogP contribution < -0.4 is 0 Å². The quantitative estimate of drug-likeness (QED) is 0.390. The van der Waals surface area contributed by atoms with E-state index in [-0.39, 0.29) is 0 Å². The molecule has 0 bridgehead atoms. The first-order valence-electron chi connectivity index (χ1n) is 2.89. The summed E-state index contributed by atoms with van der Waals surface area (Å²) in [6.45, 7) is 0. The van der Waals surface area contributed by atoms with Gasteiger partial charge in [0.1, 0.15) is 0 Å². The van der Waals surface area contributed by atoms with Crippen molar-refractivity contribution in [1.82, 2.24) is 4.98 Å². The van der Waals surface area contributed by atoms with Crippen molar-refractivity contribution >= 4 is 0 Å². The van der Waals surface area contributed by atoms with Crippen molar-refractivity contribution in [2.45, 2.75) is 6.29 Å². The number of aromatic nitrogens is 1. The summed E-state index contributed by atoms with van der Waals surface area (Å²) in [6, 6.07) is 3.21. The van der Waals surface area contributed by atoms with Gasteiger partial charge in [-0.2, -0.15) is 9.78 Å². The SMILES string of the molecule is OOC(OO)c1cccnc1. The van der Waals surface area contributed by atoms with Crippen LogP contribution in [0.25, 0.3) is 0 Å². The normalized spacial score (nSPS) is 10.5. The van der Waals surface area contributed by atoms with Gasteiger partial charge in [-0.15, -0.1) is 0 Å². The minimum atomic E-state index is -1.19. The first kappa shape index (κ1) is 8.09. The molecule has 0 aliphatic heterocycles. The second-order valence-electron chi connectivity index (χ2n) is 1.83. The van der Waals surface area contributed by atoms with Crippen LogP contribution in [0.1, 0.15) is 11.9 Å². The van der Waals surface area contributed by atoms with Crippen LogP contribution in [0, 0.1) is 0 Å². The Bertz CT molecular complexity index is 199. The Morgan fingerprint density at radius 1 is 1.36 bits per heavy atom. The summed E-state index contributed by atoms with van der Waals surface area (Å²) < 4.78 is 0. The van der Waals surface area contributed by atoms with Gasteiger partial charge in [-0.1, -0.05) is 6.07 Å². The van der Waals surface area contributed by atoms with Crippen LogP contribution in [0.15, 0.2) is 24.5 Å². The first-order valence-corrected chi connectivity index (χ1v) is 2.89. The fourth-order valence-corrected chi connectivity index (χ4v) is 0.656. The largest absolute Gasteiger partial charge is 0.264 e. The maximum absolute atomic E-state index is 8.17. The maximum atomic E-state index is 8.17. The molecule has 60 valence electrons. The molecule has 11 heavy (non-hydrogen) atoms. The van der Waals surface area contributed by atoms with E-state index in [2.05, 4.69) is 14.8 Å². The fourth-order valence-electron chi connectivity index (χ4n) is 0.656. The predicted octanol–water partition coefficient (Wildman–Crippen LogP) is 1.06. The van der Waals surface area contributed by atoms with Crippen LogP contribution in [-0.2, 0) is 9.78 Å². The molecule has 0 amide bonds. The van der Waals surface area contributed by atoms with E-state index in [1.807, 2.05) is 0 Å². The lowest BCUT2D eigenvalue weighted by Crippen LogP contribution is -2.04. The van der Waals surface area contributed by atoms with E-state index in [0.717, 1.165) is 0 Å². The van der Waals surface area contributed by atoms with Crippen molar-refractivity contribution in [2.75, 3.05) is 0 Å². The Labute approximate surface area is 62.7 Å². The molecule has 5 nitrogen and oxygen atoms in total. The van der Waals surface area contributed by atoms with Crippen LogP contribution >= 0.6 is 0 Å². The summed E-state index contributed by atoms with van der Waals surface area (Å²) in [7, 11) is 0. The van der Waals surface area contributed by atoms with Crippen LogP contribution in [0.4, 0.5) is 0 Å². The Hall–Kier alpha value is -1.01. The monoisotopic (exact) mass is 157 g/mol. The van der Waals surface area contributed by atoms with E-state index in [1.54, 1.807) is 18.3 Å². The molecule has 0 saturated carbocycles. The highest BCUT2D eigenvalue weighted by atomic mass is 17.2. The summed E-state index contributed by atoms with van der Waals surface area (Å²) >= 11 is 0. The van der Waals surface area contributed by atoms with Gasteiger partial charge in [0.2, 0.25) is 6.29 Å². The average molecular weight is 157 g/mol. The van der Waals surface area contributed by atoms with E-state index < -0.39 is 6.29 Å². The zero-order valence-electron chi connectivity index (χ0n) is 5.54. The molecule has 0 unspecified atom stereocenters. The molecule has 0 spiro atoms. The van der Waals surface area contributed by atoms with E-state index in [9.17, 15) is 0 Å². The molecule has 0 saturated heterocycles. The van der Waals surface area contributed by atoms with E-state index >= 15 is 0 Å². The number of pyridine rings is 1. The van der Waals surface area contributed by atoms with Crippen LogP contribution in [-0.4, -0.2) is 15.5 Å². The molecule has 0 aliphatic rings. The van der Waals surface area contributed by atoms with Crippen molar-refractivity contribution in [1.29, 1.82) is 0 Å². The zero-order valence-corrected chi connectivity index (χ0v) is 5.54. The zero-order chi connectivity index (χ0) is 8.10. The highest BCUT2D eigenvalue weighted by Gasteiger charge is 2.10. The molecule has 0 atom stereocenters. The molecule has 1 aromatic rings. The molecule has 1 heterocycles. The second kappa shape index (κ2) is 3.99. The molecular formula is C6H7NO4. The maximum Gasteiger partial charge on any atom is 0.250 e. The highest BCUT2D eigenvalue weighted by Crippen LogP contribution is 2.14. The third-order valence-corrected chi connectivity index (χ3v) is 1.15. The Kier molecular flexibility index (Phi) is 2.94. The van der Waals surface area contributed by atoms with Gasteiger partial charge < -0.3 is 0 Å². The molecule has 5 heteroatoms. The van der Waals surface area contributed by atoms with Gasteiger partial charge in [0.05, 0.1) is 0 Å². The predicted molar refractivity (Wildman–Crippen MR) is 34.4 cm³/mol. The van der Waals surface area contributed by atoms with Gasteiger partial charge in [0.25, 0.3) is 0 Å². The Balaban J connectivity index is 2.74. The van der Waals surface area contributed by atoms with Crippen LogP contribution in [0.2, 0.25) is 0 Å². The van der Waals surface area contributed by atoms with Gasteiger partial charge in [0.15, 0.2) is 0 Å². The van der Waals surface area contributed by atoms with Gasteiger partial charge in [-0.3, -0.25) is 4.98 Å². The lowest BCUT2D eigenvalue weighted by atomic mass is 10.3. The third kappa shape index (κ3) is 1.95. The Morgan fingerprint density at radius 2 is 2.09 bits per heavy atom. The fraction of sp³-hybridized carbons (Fsp3) is 0.167. The number of nitrogens with zero attached hydrogens (tertiary/aromatic N) is 1. The van der Waals surface area contributed by atoms with Crippen molar-refractivity contribution in [2.24, 2.45) is 0 Å². The van der Waals surface area contributed by atoms with E-state index in [4.69, 9.17) is 10.5 Å². The molecule has 1 rings (SSSR count). The molecule has 0 fully saturated rings. The molecular weight excluding hydrogens is 150 g/mol. The summed E-state index contributed by atoms with van der Waals surface area (Å²) in [5, 5.41) is 16.3. The first-order chi connectivity index (χ1) is 5.38. The van der Waals surface area contributed by atoms with Crippen molar-refractivity contribution in [3.8, 4) is 0 Å². The number of hydrogen-bond acceptors (Lipinski definition) is 5. The van der Waals surface area contributed by atoms with E-state index in [1.165, 1.54) is 6.20 Å². The van der Waals surface area contributed by atoms with Crippen molar-refractivity contribution in [3.63, 3.8) is 0 Å². The van der Waals surface area contributed by atoms with Gasteiger partial charge >= 0.3 is 0 Å². The topological polar surface area (TPSA) is 71.8 Å². The Morgan fingerprint density at radius 3 is 2.55 bits per heavy atom. The summed E-state index contributed by atoms with van der Waals surface area (Å²) in [4.78, 5) is 11.3. The third-order valence-electron chi connectivity index (χ3n) is 1.15. The summed E-state index contributed by atoms with van der Waals surface area (Å²) in [5.74, 6) is 0. The second-order valence-corrected chi connectivity index (χ2v) is 1.83. The summed E-state index contributed by atoms with van der Waals surface area (Å²) in [6.07, 6.45) is 1.76. The molecule has 0 aromatic carbocycles. The van der Waals surface area contributed by atoms with Crippen LogP contribution in [0.5, 0.6) is 0 Å². The van der Waals surface area contributed by atoms with Gasteiger partial charge in [-0.25, -0.2) is 10.5 Å². The average Bonchev–Trinajstić information content (AvgIpc) is 2.09. The van der Waals surface area contributed by atoms with Crippen molar-refractivity contribution < 1.29 is 20.3 Å². The number of rotatable bonds is 3. The van der Waals surface area contributed by atoms with Crippen molar-refractivity contribution in [3.05, 3.63) is 30.1 Å². The summed E-state index contributed by atoms with van der Waals surface area (Å²) in [5.41, 5.74) is 0.428. The molecule has 1 aromatic heterocycles. The van der Waals surface area contributed by atoms with Gasteiger partial charge in [-0.05, 0) is 6.07 Å². The highest BCUT2D eigenvalue weighted by molar-refractivity contribution is 5.09. The minimum absolute atomic E-state index is 0.428. The van der Waals surface area contributed by atoms with Gasteiger partial charge in [0, 0.05) is 18.0 Å². The lowest BCUT2D eigenvalue weighted by molar-refractivity contribution is -0.437. The van der Waals surface area contributed by atoms with E-state index in [0.29, 0.717) is 5.56 Å². The molecule has 0 radical (unpaired) electrons. The standard InChI is InChI=1S/C6H7NO4/c8-10-6(11-9)5-2-1-3-7-4-5/h1-4,6,8-9H. The lowest BCUT2D eigenvalue weighted by Gasteiger charge is -2.07. The minimum Gasteiger partial charge on any atom is -0.264 e.